The van der Waals surface area contributed by atoms with E-state index in [4.69, 9.17) is 15.6 Å². The third-order valence-electron chi connectivity index (χ3n) is 3.45. The number of nitrogens with two attached hydrogens (primary N) is 1. The molecule has 21 heavy (non-hydrogen) atoms. The highest BCUT2D eigenvalue weighted by Gasteiger charge is 2.29. The molecule has 1 aromatic carbocycles. The van der Waals surface area contributed by atoms with Crippen LogP contribution in [-0.2, 0) is 14.8 Å². The number of sulfonamides is 1. The first-order valence-corrected chi connectivity index (χ1v) is 8.96. The van der Waals surface area contributed by atoms with Crippen molar-refractivity contribution in [1.82, 2.24) is 4.31 Å². The van der Waals surface area contributed by atoms with Crippen molar-refractivity contribution in [3.05, 3.63) is 22.7 Å². The van der Waals surface area contributed by atoms with E-state index < -0.39 is 10.0 Å². The number of hydrogen-bond donors (Lipinski definition) is 2. The molecule has 0 amide bonds. The minimum atomic E-state index is -3.52. The molecule has 0 saturated carbocycles. The predicted octanol–water partition coefficient (Wildman–Crippen LogP) is 1.19. The fourth-order valence-corrected chi connectivity index (χ4v) is 4.04. The highest BCUT2D eigenvalue weighted by atomic mass is 79.9. The summed E-state index contributed by atoms with van der Waals surface area (Å²) in [7, 11) is -3.52. The van der Waals surface area contributed by atoms with Gasteiger partial charge >= 0.3 is 0 Å². The summed E-state index contributed by atoms with van der Waals surface area (Å²) in [6.45, 7) is 1.10. The van der Waals surface area contributed by atoms with Gasteiger partial charge in [-0.15, -0.1) is 0 Å². The molecule has 0 bridgehead atoms. The van der Waals surface area contributed by atoms with Crippen LogP contribution in [0.2, 0.25) is 0 Å². The van der Waals surface area contributed by atoms with Gasteiger partial charge in [0.2, 0.25) is 10.0 Å². The number of nitrogens with zero attached hydrogens (tertiary/aromatic N) is 1. The summed E-state index contributed by atoms with van der Waals surface area (Å²) < 4.78 is 32.7. The van der Waals surface area contributed by atoms with Crippen LogP contribution in [0.4, 0.5) is 5.69 Å². The van der Waals surface area contributed by atoms with Gasteiger partial charge in [0.05, 0.1) is 24.2 Å². The second-order valence-electron chi connectivity index (χ2n) is 4.88. The average Bonchev–Trinajstić information content (AvgIpc) is 2.48. The molecule has 0 aromatic heterocycles. The van der Waals surface area contributed by atoms with Gasteiger partial charge in [0.1, 0.15) is 0 Å². The molecule has 3 N–H and O–H groups in total. The minimum absolute atomic E-state index is 0.0126. The quantitative estimate of drug-likeness (QED) is 0.750. The zero-order valence-electron chi connectivity index (χ0n) is 11.5. The van der Waals surface area contributed by atoms with E-state index in [0.29, 0.717) is 42.7 Å². The number of aliphatic hydroxyl groups is 1. The molecule has 118 valence electrons. The van der Waals surface area contributed by atoms with Crippen molar-refractivity contribution in [2.24, 2.45) is 0 Å². The maximum Gasteiger partial charge on any atom is 0.243 e. The van der Waals surface area contributed by atoms with Gasteiger partial charge in [0.25, 0.3) is 0 Å². The number of nitrogen functional groups attached to an aromatic ring is 1. The van der Waals surface area contributed by atoms with E-state index in [0.717, 1.165) is 0 Å². The summed E-state index contributed by atoms with van der Waals surface area (Å²) in [5.74, 6) is 0. The Kier molecular flexibility index (Phi) is 5.61. The van der Waals surface area contributed by atoms with Gasteiger partial charge in [-0.3, -0.25) is 0 Å². The molecule has 0 unspecified atom stereocenters. The average molecular weight is 379 g/mol. The molecule has 1 saturated heterocycles. The topological polar surface area (TPSA) is 92.9 Å². The largest absolute Gasteiger partial charge is 0.398 e. The van der Waals surface area contributed by atoms with Gasteiger partial charge in [-0.2, -0.15) is 4.31 Å². The van der Waals surface area contributed by atoms with Crippen LogP contribution in [0.3, 0.4) is 0 Å². The van der Waals surface area contributed by atoms with Crippen molar-refractivity contribution in [3.63, 3.8) is 0 Å². The standard InChI is InChI=1S/C13H19BrN2O4S/c14-12-2-1-11(9-13(12)15)21(18,19)16-5-3-10(4-6-16)20-8-7-17/h1-2,9-10,17H,3-8,15H2. The normalized spacial score (nSPS) is 18.0. The lowest BCUT2D eigenvalue weighted by molar-refractivity contribution is 0.00318. The molecule has 1 fully saturated rings. The molecule has 0 radical (unpaired) electrons. The van der Waals surface area contributed by atoms with Crippen molar-refractivity contribution in [2.45, 2.75) is 23.8 Å². The lowest BCUT2D eigenvalue weighted by atomic mass is 10.1. The SMILES string of the molecule is Nc1cc(S(=O)(=O)N2CCC(OCCO)CC2)ccc1Br. The maximum absolute atomic E-state index is 12.5. The third kappa shape index (κ3) is 3.95. The van der Waals surface area contributed by atoms with Crippen molar-refractivity contribution >= 4 is 31.6 Å². The molecule has 2 rings (SSSR count). The Morgan fingerprint density at radius 1 is 1.38 bits per heavy atom. The number of benzene rings is 1. The smallest absolute Gasteiger partial charge is 0.243 e. The van der Waals surface area contributed by atoms with Gasteiger partial charge in [-0.1, -0.05) is 0 Å². The van der Waals surface area contributed by atoms with E-state index in [1.807, 2.05) is 0 Å². The first kappa shape index (κ1) is 16.7. The molecular weight excluding hydrogens is 360 g/mol. The van der Waals surface area contributed by atoms with E-state index in [-0.39, 0.29) is 17.6 Å². The highest BCUT2D eigenvalue weighted by molar-refractivity contribution is 9.10. The third-order valence-corrected chi connectivity index (χ3v) is 6.07. The number of halogens is 1. The molecule has 8 heteroatoms. The number of piperidine rings is 1. The summed E-state index contributed by atoms with van der Waals surface area (Å²) in [4.78, 5) is 0.206. The van der Waals surface area contributed by atoms with Crippen LogP contribution in [0, 0.1) is 0 Å². The Bertz CT molecular complexity index is 586. The van der Waals surface area contributed by atoms with Crippen LogP contribution in [0.1, 0.15) is 12.8 Å². The lowest BCUT2D eigenvalue weighted by Crippen LogP contribution is -2.41. The fourth-order valence-electron chi connectivity index (χ4n) is 2.29. The second-order valence-corrected chi connectivity index (χ2v) is 7.67. The summed E-state index contributed by atoms with van der Waals surface area (Å²) in [5, 5.41) is 8.73. The second kappa shape index (κ2) is 7.06. The van der Waals surface area contributed by atoms with Crippen LogP contribution >= 0.6 is 15.9 Å². The monoisotopic (exact) mass is 378 g/mol. The molecule has 6 nitrogen and oxygen atoms in total. The Hall–Kier alpha value is -0.670. The van der Waals surface area contributed by atoms with Gasteiger partial charge in [0, 0.05) is 23.2 Å². The summed E-state index contributed by atoms with van der Waals surface area (Å²) in [5.41, 5.74) is 6.15. The number of anilines is 1. The molecular formula is C13H19BrN2O4S. The number of hydrogen-bond acceptors (Lipinski definition) is 5. The van der Waals surface area contributed by atoms with Crippen molar-refractivity contribution in [3.8, 4) is 0 Å². The Labute approximate surface area is 133 Å². The number of rotatable bonds is 5. The van der Waals surface area contributed by atoms with E-state index in [9.17, 15) is 8.42 Å². The van der Waals surface area contributed by atoms with Crippen LogP contribution in [0.15, 0.2) is 27.6 Å². The first-order chi connectivity index (χ1) is 9.95. The zero-order valence-corrected chi connectivity index (χ0v) is 13.9. The summed E-state index contributed by atoms with van der Waals surface area (Å²) >= 11 is 3.25. The van der Waals surface area contributed by atoms with Crippen LogP contribution in [0.25, 0.3) is 0 Å². The van der Waals surface area contributed by atoms with E-state index in [1.165, 1.54) is 10.4 Å². The van der Waals surface area contributed by atoms with Crippen molar-refractivity contribution < 1.29 is 18.3 Å². The molecule has 1 aromatic rings. The molecule has 1 aliphatic rings. The Balaban J connectivity index is 2.06. The van der Waals surface area contributed by atoms with Gasteiger partial charge in [-0.05, 0) is 47.0 Å². The molecule has 0 aliphatic carbocycles. The molecule has 0 atom stereocenters. The van der Waals surface area contributed by atoms with Crippen LogP contribution < -0.4 is 5.73 Å². The minimum Gasteiger partial charge on any atom is -0.398 e. The fraction of sp³-hybridized carbons (Fsp3) is 0.538. The van der Waals surface area contributed by atoms with E-state index in [2.05, 4.69) is 15.9 Å². The Morgan fingerprint density at radius 2 is 2.05 bits per heavy atom. The van der Waals surface area contributed by atoms with E-state index >= 15 is 0 Å². The first-order valence-electron chi connectivity index (χ1n) is 6.73. The molecule has 1 heterocycles. The molecule has 0 spiro atoms. The van der Waals surface area contributed by atoms with Gasteiger partial charge < -0.3 is 15.6 Å². The van der Waals surface area contributed by atoms with E-state index in [1.54, 1.807) is 12.1 Å². The van der Waals surface area contributed by atoms with Gasteiger partial charge in [-0.25, -0.2) is 8.42 Å². The predicted molar refractivity (Wildman–Crippen MR) is 83.4 cm³/mol. The van der Waals surface area contributed by atoms with Crippen LogP contribution in [0.5, 0.6) is 0 Å². The van der Waals surface area contributed by atoms with Crippen LogP contribution in [-0.4, -0.2) is 50.2 Å². The number of ether oxygens (including phenoxy) is 1. The lowest BCUT2D eigenvalue weighted by Gasteiger charge is -2.31. The van der Waals surface area contributed by atoms with Gasteiger partial charge in [0.15, 0.2) is 0 Å². The molecule has 1 aliphatic heterocycles. The number of aliphatic hydroxyl groups excluding tert-OH is 1. The summed E-state index contributed by atoms with van der Waals surface area (Å²) in [6.07, 6.45) is 1.27. The zero-order chi connectivity index (χ0) is 15.5. The van der Waals surface area contributed by atoms with Crippen molar-refractivity contribution in [2.75, 3.05) is 32.0 Å². The summed E-state index contributed by atoms with van der Waals surface area (Å²) in [6, 6.07) is 4.65. The van der Waals surface area contributed by atoms with Crippen molar-refractivity contribution in [1.29, 1.82) is 0 Å². The highest BCUT2D eigenvalue weighted by Crippen LogP contribution is 2.26. The maximum atomic E-state index is 12.5. The Morgan fingerprint density at radius 3 is 2.62 bits per heavy atom.